The van der Waals surface area contributed by atoms with E-state index >= 15 is 0 Å². The van der Waals surface area contributed by atoms with E-state index < -0.39 is 5.97 Å². The molecule has 1 heterocycles. The molecule has 2 unspecified atom stereocenters. The molecule has 2 amide bonds. The minimum atomic E-state index is -1.06. The predicted octanol–water partition coefficient (Wildman–Crippen LogP) is 2.73. The van der Waals surface area contributed by atoms with Gasteiger partial charge in [0.1, 0.15) is 5.01 Å². The van der Waals surface area contributed by atoms with E-state index in [0.29, 0.717) is 5.01 Å². The van der Waals surface area contributed by atoms with Crippen molar-refractivity contribution in [3.63, 3.8) is 0 Å². The lowest BCUT2D eigenvalue weighted by atomic mass is 10.2. The molecule has 0 fully saturated rings. The van der Waals surface area contributed by atoms with Crippen LogP contribution in [-0.4, -0.2) is 40.1 Å². The third kappa shape index (κ3) is 4.19. The SMILES string of the molecule is CCCC(C)N(C)C(=O)NC(C)c1nc(C(=O)O)cs1. The monoisotopic (exact) mass is 299 g/mol. The average Bonchev–Trinajstić information content (AvgIpc) is 2.87. The highest BCUT2D eigenvalue weighted by Crippen LogP contribution is 2.18. The van der Waals surface area contributed by atoms with Crippen LogP contribution < -0.4 is 5.32 Å². The number of carbonyl (C=O) groups excluding carboxylic acids is 1. The summed E-state index contributed by atoms with van der Waals surface area (Å²) in [5.41, 5.74) is 0.0128. The van der Waals surface area contributed by atoms with Crippen molar-refractivity contribution in [1.29, 1.82) is 0 Å². The van der Waals surface area contributed by atoms with Gasteiger partial charge < -0.3 is 15.3 Å². The summed E-state index contributed by atoms with van der Waals surface area (Å²) in [6.07, 6.45) is 1.96. The van der Waals surface area contributed by atoms with E-state index in [9.17, 15) is 9.59 Å². The second-order valence-electron chi connectivity index (χ2n) is 4.80. The molecule has 20 heavy (non-hydrogen) atoms. The summed E-state index contributed by atoms with van der Waals surface area (Å²) in [7, 11) is 1.76. The maximum Gasteiger partial charge on any atom is 0.355 e. The van der Waals surface area contributed by atoms with Gasteiger partial charge >= 0.3 is 12.0 Å². The van der Waals surface area contributed by atoms with Gasteiger partial charge in [0.15, 0.2) is 5.69 Å². The van der Waals surface area contributed by atoms with Gasteiger partial charge in [-0.1, -0.05) is 13.3 Å². The van der Waals surface area contributed by atoms with Crippen LogP contribution in [0.3, 0.4) is 0 Å². The van der Waals surface area contributed by atoms with E-state index in [1.807, 2.05) is 6.92 Å². The second kappa shape index (κ2) is 7.23. The zero-order chi connectivity index (χ0) is 15.3. The standard InChI is InChI=1S/C13H21N3O3S/c1-5-6-8(2)16(4)13(19)14-9(3)11-15-10(7-20-11)12(17)18/h7-9H,5-6H2,1-4H3,(H,14,19)(H,17,18). The zero-order valence-electron chi connectivity index (χ0n) is 12.2. The number of aromatic carboxylic acids is 1. The molecule has 1 aromatic heterocycles. The van der Waals surface area contributed by atoms with Crippen molar-refractivity contribution in [2.75, 3.05) is 7.05 Å². The number of thiazole rings is 1. The highest BCUT2D eigenvalue weighted by Gasteiger charge is 2.20. The molecule has 1 aromatic rings. The molecule has 0 spiro atoms. The van der Waals surface area contributed by atoms with E-state index in [1.54, 1.807) is 18.9 Å². The molecular weight excluding hydrogens is 278 g/mol. The fourth-order valence-corrected chi connectivity index (χ4v) is 2.55. The number of urea groups is 1. The Bertz CT molecular complexity index is 475. The summed E-state index contributed by atoms with van der Waals surface area (Å²) < 4.78 is 0. The van der Waals surface area contributed by atoms with Gasteiger partial charge in [0.25, 0.3) is 0 Å². The smallest absolute Gasteiger partial charge is 0.355 e. The van der Waals surface area contributed by atoms with Gasteiger partial charge in [-0.25, -0.2) is 14.6 Å². The number of amides is 2. The maximum absolute atomic E-state index is 12.1. The molecule has 0 radical (unpaired) electrons. The Morgan fingerprint density at radius 3 is 2.65 bits per heavy atom. The Hall–Kier alpha value is -1.63. The number of aromatic nitrogens is 1. The molecule has 0 aromatic carbocycles. The number of carbonyl (C=O) groups is 2. The fraction of sp³-hybridized carbons (Fsp3) is 0.615. The Morgan fingerprint density at radius 2 is 2.15 bits per heavy atom. The van der Waals surface area contributed by atoms with Gasteiger partial charge in [0.2, 0.25) is 0 Å². The first-order chi connectivity index (χ1) is 9.36. The van der Waals surface area contributed by atoms with Gasteiger partial charge in [-0.15, -0.1) is 11.3 Å². The zero-order valence-corrected chi connectivity index (χ0v) is 13.0. The largest absolute Gasteiger partial charge is 0.476 e. The third-order valence-electron chi connectivity index (χ3n) is 3.14. The molecule has 0 saturated carbocycles. The molecule has 0 aliphatic rings. The summed E-state index contributed by atoms with van der Waals surface area (Å²) in [5, 5.41) is 13.7. The number of carboxylic acid groups (broad SMARTS) is 1. The van der Waals surface area contributed by atoms with Gasteiger partial charge in [0, 0.05) is 18.5 Å². The summed E-state index contributed by atoms with van der Waals surface area (Å²) in [5.74, 6) is -1.06. The van der Waals surface area contributed by atoms with Gasteiger partial charge in [0.05, 0.1) is 6.04 Å². The minimum absolute atomic E-state index is 0.0128. The van der Waals surface area contributed by atoms with E-state index in [1.165, 1.54) is 16.7 Å². The van der Waals surface area contributed by atoms with Crippen LogP contribution in [0.1, 0.15) is 55.2 Å². The quantitative estimate of drug-likeness (QED) is 0.846. The van der Waals surface area contributed by atoms with Crippen molar-refractivity contribution < 1.29 is 14.7 Å². The number of hydrogen-bond donors (Lipinski definition) is 2. The first kappa shape index (κ1) is 16.4. The van der Waals surface area contributed by atoms with E-state index in [2.05, 4.69) is 17.2 Å². The Morgan fingerprint density at radius 1 is 1.50 bits per heavy atom. The van der Waals surface area contributed by atoms with Crippen LogP contribution in [0.4, 0.5) is 4.79 Å². The van der Waals surface area contributed by atoms with Crippen molar-refractivity contribution in [3.05, 3.63) is 16.1 Å². The molecule has 6 nitrogen and oxygen atoms in total. The molecule has 2 atom stereocenters. The number of rotatable bonds is 6. The number of nitrogens with one attached hydrogen (secondary N) is 1. The fourth-order valence-electron chi connectivity index (χ4n) is 1.75. The summed E-state index contributed by atoms with van der Waals surface area (Å²) in [6, 6.07) is -0.319. The van der Waals surface area contributed by atoms with E-state index in [-0.39, 0.29) is 23.8 Å². The Kier molecular flexibility index (Phi) is 5.94. The highest BCUT2D eigenvalue weighted by molar-refractivity contribution is 7.09. The van der Waals surface area contributed by atoms with Gasteiger partial charge in [-0.2, -0.15) is 0 Å². The molecule has 0 saturated heterocycles. The highest BCUT2D eigenvalue weighted by atomic mass is 32.1. The molecule has 0 bridgehead atoms. The number of nitrogens with zero attached hydrogens (tertiary/aromatic N) is 2. The molecule has 1 rings (SSSR count). The van der Waals surface area contributed by atoms with Crippen LogP contribution >= 0.6 is 11.3 Å². The van der Waals surface area contributed by atoms with E-state index in [0.717, 1.165) is 12.8 Å². The molecule has 2 N–H and O–H groups in total. The number of hydrogen-bond acceptors (Lipinski definition) is 4. The van der Waals surface area contributed by atoms with Crippen molar-refractivity contribution in [2.24, 2.45) is 0 Å². The summed E-state index contributed by atoms with van der Waals surface area (Å²) in [6.45, 7) is 5.87. The lowest BCUT2D eigenvalue weighted by molar-refractivity contribution is 0.0691. The van der Waals surface area contributed by atoms with Gasteiger partial charge in [-0.05, 0) is 20.3 Å². The normalized spacial score (nSPS) is 13.6. The molecular formula is C13H21N3O3S. The molecule has 0 aliphatic carbocycles. The lowest BCUT2D eigenvalue weighted by Gasteiger charge is -2.26. The van der Waals surface area contributed by atoms with Crippen molar-refractivity contribution in [3.8, 4) is 0 Å². The lowest BCUT2D eigenvalue weighted by Crippen LogP contribution is -2.43. The molecule has 7 heteroatoms. The topological polar surface area (TPSA) is 82.5 Å². The van der Waals surface area contributed by atoms with Crippen LogP contribution in [0.25, 0.3) is 0 Å². The van der Waals surface area contributed by atoms with Crippen molar-refractivity contribution in [1.82, 2.24) is 15.2 Å². The van der Waals surface area contributed by atoms with Crippen molar-refractivity contribution in [2.45, 2.75) is 45.7 Å². The Balaban J connectivity index is 2.62. The van der Waals surface area contributed by atoms with Crippen LogP contribution in [0.2, 0.25) is 0 Å². The molecule has 0 aliphatic heterocycles. The predicted molar refractivity (Wildman–Crippen MR) is 78.2 cm³/mol. The van der Waals surface area contributed by atoms with Crippen LogP contribution in [0.5, 0.6) is 0 Å². The first-order valence-corrected chi connectivity index (χ1v) is 7.46. The van der Waals surface area contributed by atoms with Crippen LogP contribution in [0, 0.1) is 0 Å². The van der Waals surface area contributed by atoms with Gasteiger partial charge in [-0.3, -0.25) is 0 Å². The third-order valence-corrected chi connectivity index (χ3v) is 4.17. The summed E-state index contributed by atoms with van der Waals surface area (Å²) >= 11 is 1.23. The van der Waals surface area contributed by atoms with Crippen LogP contribution in [0.15, 0.2) is 5.38 Å². The summed E-state index contributed by atoms with van der Waals surface area (Å²) in [4.78, 5) is 28.5. The Labute approximate surface area is 122 Å². The second-order valence-corrected chi connectivity index (χ2v) is 5.69. The maximum atomic E-state index is 12.1. The van der Waals surface area contributed by atoms with Crippen molar-refractivity contribution >= 4 is 23.3 Å². The first-order valence-electron chi connectivity index (χ1n) is 6.58. The van der Waals surface area contributed by atoms with Crippen LogP contribution in [-0.2, 0) is 0 Å². The average molecular weight is 299 g/mol. The van der Waals surface area contributed by atoms with E-state index in [4.69, 9.17) is 5.11 Å². The minimum Gasteiger partial charge on any atom is -0.476 e. The number of carboxylic acids is 1. The molecule has 112 valence electrons.